The van der Waals surface area contributed by atoms with Gasteiger partial charge in [-0.25, -0.2) is 8.78 Å². The summed E-state index contributed by atoms with van der Waals surface area (Å²) in [5.74, 6) is -3.41. The molecule has 0 aliphatic carbocycles. The van der Waals surface area contributed by atoms with Crippen LogP contribution in [-0.4, -0.2) is 18.4 Å². The molecule has 114 valence electrons. The molecule has 0 unspecified atom stereocenters. The first-order valence-electron chi connectivity index (χ1n) is 6.66. The van der Waals surface area contributed by atoms with Crippen molar-refractivity contribution in [2.45, 2.75) is 6.92 Å². The first-order chi connectivity index (χ1) is 10.5. The van der Waals surface area contributed by atoms with E-state index >= 15 is 0 Å². The minimum absolute atomic E-state index is 0.266. The van der Waals surface area contributed by atoms with Crippen LogP contribution in [-0.2, 0) is 9.59 Å². The molecule has 0 saturated carbocycles. The molecule has 0 radical (unpaired) electrons. The van der Waals surface area contributed by atoms with E-state index in [2.05, 4.69) is 5.32 Å². The van der Waals surface area contributed by atoms with Crippen molar-refractivity contribution in [2.75, 3.05) is 16.8 Å². The number of carbonyl (C=O) groups excluding carboxylic acids is 2. The van der Waals surface area contributed by atoms with Crippen LogP contribution in [0.3, 0.4) is 0 Å². The fraction of sp³-hybridized carbons (Fsp3) is 0.125. The summed E-state index contributed by atoms with van der Waals surface area (Å²) >= 11 is 0. The minimum atomic E-state index is -1.03. The molecule has 22 heavy (non-hydrogen) atoms. The lowest BCUT2D eigenvalue weighted by Crippen LogP contribution is -2.39. The maximum Gasteiger partial charge on any atom is 0.316 e. The third kappa shape index (κ3) is 3.46. The van der Waals surface area contributed by atoms with E-state index in [9.17, 15) is 18.4 Å². The molecule has 0 aliphatic rings. The zero-order valence-electron chi connectivity index (χ0n) is 11.8. The second-order valence-corrected chi connectivity index (χ2v) is 4.46. The Labute approximate surface area is 126 Å². The van der Waals surface area contributed by atoms with Gasteiger partial charge in [-0.1, -0.05) is 18.2 Å². The van der Waals surface area contributed by atoms with Crippen LogP contribution in [0.1, 0.15) is 6.92 Å². The molecule has 6 heteroatoms. The van der Waals surface area contributed by atoms with Crippen molar-refractivity contribution in [3.8, 4) is 0 Å². The largest absolute Gasteiger partial charge is 0.316 e. The monoisotopic (exact) mass is 304 g/mol. The van der Waals surface area contributed by atoms with E-state index in [-0.39, 0.29) is 12.2 Å². The smallest absolute Gasteiger partial charge is 0.315 e. The lowest BCUT2D eigenvalue weighted by Gasteiger charge is -2.20. The molecule has 2 rings (SSSR count). The van der Waals surface area contributed by atoms with Gasteiger partial charge in [0.25, 0.3) is 0 Å². The molecular weight excluding hydrogens is 290 g/mol. The predicted molar refractivity (Wildman–Crippen MR) is 79.5 cm³/mol. The first-order valence-corrected chi connectivity index (χ1v) is 6.66. The number of likely N-dealkylation sites (N-methyl/N-ethyl adjacent to an activating group) is 1. The third-order valence-corrected chi connectivity index (χ3v) is 3.00. The zero-order valence-corrected chi connectivity index (χ0v) is 11.8. The number of amides is 2. The molecule has 0 atom stereocenters. The summed E-state index contributed by atoms with van der Waals surface area (Å²) in [4.78, 5) is 25.4. The molecule has 1 N–H and O–H groups in total. The Morgan fingerprint density at radius 3 is 2.41 bits per heavy atom. The molecule has 0 fully saturated rings. The summed E-state index contributed by atoms with van der Waals surface area (Å²) in [5, 5.41) is 2.09. The maximum atomic E-state index is 13.5. The lowest BCUT2D eigenvalue weighted by atomic mass is 10.2. The van der Waals surface area contributed by atoms with Gasteiger partial charge in [0, 0.05) is 18.3 Å². The van der Waals surface area contributed by atoms with Gasteiger partial charge in [0.05, 0.1) is 5.69 Å². The molecule has 2 amide bonds. The Hall–Kier alpha value is -2.76. The topological polar surface area (TPSA) is 49.4 Å². The van der Waals surface area contributed by atoms with E-state index in [0.717, 1.165) is 18.2 Å². The molecule has 0 aliphatic heterocycles. The SMILES string of the molecule is CCN(C(=O)C(=O)Nc1cc(F)ccc1F)c1ccccc1. The highest BCUT2D eigenvalue weighted by molar-refractivity contribution is 6.44. The average molecular weight is 304 g/mol. The fourth-order valence-electron chi connectivity index (χ4n) is 1.94. The Morgan fingerprint density at radius 1 is 1.09 bits per heavy atom. The highest BCUT2D eigenvalue weighted by Gasteiger charge is 2.23. The Balaban J connectivity index is 2.18. The summed E-state index contributed by atoms with van der Waals surface area (Å²) < 4.78 is 26.6. The zero-order chi connectivity index (χ0) is 16.1. The number of rotatable bonds is 3. The number of anilines is 2. The Morgan fingerprint density at radius 2 is 1.77 bits per heavy atom. The lowest BCUT2D eigenvalue weighted by molar-refractivity contribution is -0.134. The highest BCUT2D eigenvalue weighted by atomic mass is 19.1. The van der Waals surface area contributed by atoms with Crippen LogP contribution in [0.5, 0.6) is 0 Å². The van der Waals surface area contributed by atoms with Gasteiger partial charge in [0.1, 0.15) is 11.6 Å². The summed E-state index contributed by atoms with van der Waals surface area (Å²) in [6.07, 6.45) is 0. The minimum Gasteiger partial charge on any atom is -0.315 e. The number of para-hydroxylation sites is 1. The van der Waals surface area contributed by atoms with E-state index < -0.39 is 23.4 Å². The second kappa shape index (κ2) is 6.80. The van der Waals surface area contributed by atoms with Crippen molar-refractivity contribution in [1.29, 1.82) is 0 Å². The fourth-order valence-corrected chi connectivity index (χ4v) is 1.94. The van der Waals surface area contributed by atoms with E-state index in [1.807, 2.05) is 0 Å². The van der Waals surface area contributed by atoms with Gasteiger partial charge in [-0.3, -0.25) is 9.59 Å². The molecule has 0 heterocycles. The molecule has 0 spiro atoms. The van der Waals surface area contributed by atoms with Crippen molar-refractivity contribution < 1.29 is 18.4 Å². The summed E-state index contributed by atoms with van der Waals surface area (Å²) in [5.41, 5.74) is 0.173. The number of nitrogens with zero attached hydrogens (tertiary/aromatic N) is 1. The standard InChI is InChI=1S/C16H14F2N2O2/c1-2-20(12-6-4-3-5-7-12)16(22)15(21)19-14-10-11(17)8-9-13(14)18/h3-10H,2H2,1H3,(H,19,21). The van der Waals surface area contributed by atoms with E-state index in [1.54, 1.807) is 37.3 Å². The maximum absolute atomic E-state index is 13.5. The number of benzene rings is 2. The van der Waals surface area contributed by atoms with Gasteiger partial charge in [-0.05, 0) is 31.2 Å². The van der Waals surface area contributed by atoms with Gasteiger partial charge in [-0.2, -0.15) is 0 Å². The Kier molecular flexibility index (Phi) is 4.83. The number of carbonyl (C=O) groups is 2. The van der Waals surface area contributed by atoms with Crippen LogP contribution in [0.4, 0.5) is 20.2 Å². The van der Waals surface area contributed by atoms with E-state index in [0.29, 0.717) is 5.69 Å². The molecule has 2 aromatic rings. The summed E-state index contributed by atoms with van der Waals surface area (Å²) in [6.45, 7) is 1.98. The van der Waals surface area contributed by atoms with E-state index in [1.165, 1.54) is 4.90 Å². The van der Waals surface area contributed by atoms with Gasteiger partial charge < -0.3 is 10.2 Å². The van der Waals surface area contributed by atoms with Crippen LogP contribution in [0, 0.1) is 11.6 Å². The normalized spacial score (nSPS) is 10.1. The number of halogens is 2. The van der Waals surface area contributed by atoms with Crippen molar-refractivity contribution in [3.05, 3.63) is 60.2 Å². The van der Waals surface area contributed by atoms with Gasteiger partial charge in [-0.15, -0.1) is 0 Å². The number of hydrogen-bond donors (Lipinski definition) is 1. The van der Waals surface area contributed by atoms with Crippen molar-refractivity contribution in [3.63, 3.8) is 0 Å². The van der Waals surface area contributed by atoms with Gasteiger partial charge in [0.2, 0.25) is 0 Å². The van der Waals surface area contributed by atoms with Crippen LogP contribution in [0.2, 0.25) is 0 Å². The first kappa shape index (κ1) is 15.6. The quantitative estimate of drug-likeness (QED) is 0.886. The molecule has 0 aromatic heterocycles. The van der Waals surface area contributed by atoms with Crippen LogP contribution in [0.15, 0.2) is 48.5 Å². The van der Waals surface area contributed by atoms with Gasteiger partial charge in [0.15, 0.2) is 0 Å². The van der Waals surface area contributed by atoms with Crippen molar-refractivity contribution in [2.24, 2.45) is 0 Å². The second-order valence-electron chi connectivity index (χ2n) is 4.46. The van der Waals surface area contributed by atoms with Gasteiger partial charge >= 0.3 is 11.8 Å². The van der Waals surface area contributed by atoms with Crippen molar-refractivity contribution in [1.82, 2.24) is 0 Å². The predicted octanol–water partition coefficient (Wildman–Crippen LogP) is 2.96. The number of nitrogens with one attached hydrogen (secondary N) is 1. The van der Waals surface area contributed by atoms with Crippen LogP contribution >= 0.6 is 0 Å². The molecule has 4 nitrogen and oxygen atoms in total. The van der Waals surface area contributed by atoms with Crippen LogP contribution in [0.25, 0.3) is 0 Å². The molecule has 0 bridgehead atoms. The summed E-state index contributed by atoms with van der Waals surface area (Å²) in [7, 11) is 0. The number of hydrogen-bond acceptors (Lipinski definition) is 2. The van der Waals surface area contributed by atoms with Crippen molar-refractivity contribution >= 4 is 23.2 Å². The van der Waals surface area contributed by atoms with E-state index in [4.69, 9.17) is 0 Å². The van der Waals surface area contributed by atoms with Crippen LogP contribution < -0.4 is 10.2 Å². The molecule has 2 aromatic carbocycles. The third-order valence-electron chi connectivity index (χ3n) is 3.00. The highest BCUT2D eigenvalue weighted by Crippen LogP contribution is 2.17. The molecule has 0 saturated heterocycles. The average Bonchev–Trinajstić information content (AvgIpc) is 2.52. The summed E-state index contributed by atoms with van der Waals surface area (Å²) in [6, 6.07) is 11.2. The molecular formula is C16H14F2N2O2. The Bertz CT molecular complexity index is 690.